The number of carbonyl (C=O) groups is 1. The van der Waals surface area contributed by atoms with Crippen molar-refractivity contribution in [3.63, 3.8) is 0 Å². The molecule has 2 rings (SSSR count). The predicted octanol–water partition coefficient (Wildman–Crippen LogP) is 1.46. The van der Waals surface area contributed by atoms with E-state index in [0.29, 0.717) is 18.1 Å². The molecule has 0 aliphatic rings. The van der Waals surface area contributed by atoms with Gasteiger partial charge in [0.25, 0.3) is 5.91 Å². The fourth-order valence-corrected chi connectivity index (χ4v) is 1.78. The molecule has 0 aliphatic heterocycles. The largest absolute Gasteiger partial charge is 0.508 e. The van der Waals surface area contributed by atoms with E-state index in [2.05, 4.69) is 15.6 Å². The van der Waals surface area contributed by atoms with Gasteiger partial charge in [-0.25, -0.2) is 0 Å². The van der Waals surface area contributed by atoms with Crippen LogP contribution in [0.5, 0.6) is 5.75 Å². The summed E-state index contributed by atoms with van der Waals surface area (Å²) in [5.41, 5.74) is 0.266. The van der Waals surface area contributed by atoms with Gasteiger partial charge in [0, 0.05) is 19.3 Å². The lowest BCUT2D eigenvalue weighted by Crippen LogP contribution is -2.25. The molecule has 1 heterocycles. The summed E-state index contributed by atoms with van der Waals surface area (Å²) < 4.78 is 1.69. The average molecular weight is 281 g/mol. The van der Waals surface area contributed by atoms with E-state index in [1.165, 1.54) is 18.2 Å². The molecule has 0 saturated carbocycles. The zero-order valence-corrected chi connectivity index (χ0v) is 10.8. The van der Waals surface area contributed by atoms with Crippen LogP contribution in [-0.2, 0) is 6.54 Å². The van der Waals surface area contributed by atoms with Crippen LogP contribution in [-0.4, -0.2) is 32.6 Å². The molecule has 0 spiro atoms. The lowest BCUT2D eigenvalue weighted by atomic mass is 10.2. The third-order valence-electron chi connectivity index (χ3n) is 2.52. The second-order valence-electron chi connectivity index (χ2n) is 3.94. The minimum atomic E-state index is -0.306. The first-order valence-electron chi connectivity index (χ1n) is 5.77. The van der Waals surface area contributed by atoms with Gasteiger partial charge in [-0.2, -0.15) is 0 Å². The van der Waals surface area contributed by atoms with E-state index >= 15 is 0 Å². The zero-order chi connectivity index (χ0) is 13.7. The summed E-state index contributed by atoms with van der Waals surface area (Å²) in [6, 6.07) is 4.26. The van der Waals surface area contributed by atoms with Crippen LogP contribution in [0, 0.1) is 0 Å². The van der Waals surface area contributed by atoms with Gasteiger partial charge in [0.1, 0.15) is 5.75 Å². The standard InChI is InChI=1S/C12H13ClN4O2/c13-11-3-2-9(18)8-10(11)12(19)14-4-1-6-17-7-5-15-16-17/h2-3,5,7-8,18H,1,4,6H2,(H,14,19). The van der Waals surface area contributed by atoms with Gasteiger partial charge in [0.05, 0.1) is 16.8 Å². The average Bonchev–Trinajstić information content (AvgIpc) is 2.90. The molecule has 1 amide bonds. The molecule has 6 nitrogen and oxygen atoms in total. The Balaban J connectivity index is 1.82. The zero-order valence-electron chi connectivity index (χ0n) is 10.1. The molecule has 0 unspecified atom stereocenters. The minimum absolute atomic E-state index is 0.0113. The first-order valence-corrected chi connectivity index (χ1v) is 6.15. The molecular formula is C12H13ClN4O2. The number of benzene rings is 1. The number of aromatic nitrogens is 3. The van der Waals surface area contributed by atoms with Crippen molar-refractivity contribution >= 4 is 17.5 Å². The van der Waals surface area contributed by atoms with Gasteiger partial charge >= 0.3 is 0 Å². The fraction of sp³-hybridized carbons (Fsp3) is 0.250. The Hall–Kier alpha value is -2.08. The van der Waals surface area contributed by atoms with Crippen molar-refractivity contribution in [1.29, 1.82) is 0 Å². The topological polar surface area (TPSA) is 80.0 Å². The van der Waals surface area contributed by atoms with Gasteiger partial charge in [-0.15, -0.1) is 5.10 Å². The van der Waals surface area contributed by atoms with Crippen molar-refractivity contribution in [2.75, 3.05) is 6.54 Å². The van der Waals surface area contributed by atoms with Crippen molar-refractivity contribution in [3.8, 4) is 5.75 Å². The van der Waals surface area contributed by atoms with Gasteiger partial charge in [-0.1, -0.05) is 16.8 Å². The summed E-state index contributed by atoms with van der Waals surface area (Å²) in [5.74, 6) is -0.295. The van der Waals surface area contributed by atoms with E-state index in [1.807, 2.05) is 0 Å². The lowest BCUT2D eigenvalue weighted by Gasteiger charge is -2.07. The summed E-state index contributed by atoms with van der Waals surface area (Å²) >= 11 is 5.89. The summed E-state index contributed by atoms with van der Waals surface area (Å²) in [7, 11) is 0. The maximum Gasteiger partial charge on any atom is 0.252 e. The van der Waals surface area contributed by atoms with Crippen molar-refractivity contribution in [2.45, 2.75) is 13.0 Å². The van der Waals surface area contributed by atoms with Crippen LogP contribution in [0.3, 0.4) is 0 Å². The summed E-state index contributed by atoms with van der Waals surface area (Å²) in [5, 5.41) is 19.9. The molecule has 0 saturated heterocycles. The van der Waals surface area contributed by atoms with Gasteiger partial charge in [0.15, 0.2) is 0 Å². The number of halogens is 1. The van der Waals surface area contributed by atoms with Crippen molar-refractivity contribution in [3.05, 3.63) is 41.2 Å². The van der Waals surface area contributed by atoms with E-state index in [-0.39, 0.29) is 17.2 Å². The van der Waals surface area contributed by atoms with Gasteiger partial charge < -0.3 is 10.4 Å². The van der Waals surface area contributed by atoms with Crippen LogP contribution in [0.1, 0.15) is 16.8 Å². The Labute approximate surface area is 115 Å². The maximum atomic E-state index is 11.8. The first-order chi connectivity index (χ1) is 9.16. The number of carbonyl (C=O) groups excluding carboxylic acids is 1. The number of hydrogen-bond acceptors (Lipinski definition) is 4. The maximum absolute atomic E-state index is 11.8. The van der Waals surface area contributed by atoms with E-state index in [4.69, 9.17) is 11.6 Å². The van der Waals surface area contributed by atoms with Gasteiger partial charge in [-0.05, 0) is 24.6 Å². The Kier molecular flexibility index (Phi) is 4.35. The monoisotopic (exact) mass is 280 g/mol. The molecule has 19 heavy (non-hydrogen) atoms. The number of aryl methyl sites for hydroxylation is 1. The molecule has 0 bridgehead atoms. The van der Waals surface area contributed by atoms with Crippen molar-refractivity contribution in [2.24, 2.45) is 0 Å². The van der Waals surface area contributed by atoms with Crippen LogP contribution in [0.2, 0.25) is 5.02 Å². The third-order valence-corrected chi connectivity index (χ3v) is 2.85. The molecular weight excluding hydrogens is 268 g/mol. The first kappa shape index (κ1) is 13.4. The predicted molar refractivity (Wildman–Crippen MR) is 70.1 cm³/mol. The minimum Gasteiger partial charge on any atom is -0.508 e. The number of rotatable bonds is 5. The van der Waals surface area contributed by atoms with E-state index in [9.17, 15) is 9.90 Å². The lowest BCUT2D eigenvalue weighted by molar-refractivity contribution is 0.0952. The number of phenolic OH excluding ortho intramolecular Hbond substituents is 1. The molecule has 1 aromatic carbocycles. The second kappa shape index (κ2) is 6.19. The van der Waals surface area contributed by atoms with Crippen LogP contribution >= 0.6 is 11.6 Å². The van der Waals surface area contributed by atoms with Gasteiger partial charge in [0.2, 0.25) is 0 Å². The highest BCUT2D eigenvalue weighted by molar-refractivity contribution is 6.33. The molecule has 100 valence electrons. The van der Waals surface area contributed by atoms with Crippen LogP contribution in [0.25, 0.3) is 0 Å². The number of nitrogens with one attached hydrogen (secondary N) is 1. The Morgan fingerprint density at radius 2 is 2.32 bits per heavy atom. The molecule has 7 heteroatoms. The second-order valence-corrected chi connectivity index (χ2v) is 4.35. The molecule has 2 aromatic rings. The molecule has 0 aliphatic carbocycles. The number of amides is 1. The van der Waals surface area contributed by atoms with Crippen LogP contribution in [0.15, 0.2) is 30.6 Å². The van der Waals surface area contributed by atoms with Crippen molar-refractivity contribution in [1.82, 2.24) is 20.3 Å². The van der Waals surface area contributed by atoms with E-state index in [1.54, 1.807) is 17.1 Å². The molecule has 0 radical (unpaired) electrons. The van der Waals surface area contributed by atoms with Crippen molar-refractivity contribution < 1.29 is 9.90 Å². The highest BCUT2D eigenvalue weighted by atomic mass is 35.5. The third kappa shape index (κ3) is 3.69. The Morgan fingerprint density at radius 1 is 1.47 bits per heavy atom. The highest BCUT2D eigenvalue weighted by Crippen LogP contribution is 2.20. The van der Waals surface area contributed by atoms with E-state index in [0.717, 1.165) is 6.42 Å². The molecule has 2 N–H and O–H groups in total. The Bertz CT molecular complexity index is 557. The summed E-state index contributed by atoms with van der Waals surface area (Å²) in [4.78, 5) is 11.8. The number of nitrogens with zero attached hydrogens (tertiary/aromatic N) is 3. The Morgan fingerprint density at radius 3 is 3.05 bits per heavy atom. The molecule has 0 fully saturated rings. The van der Waals surface area contributed by atoms with Gasteiger partial charge in [-0.3, -0.25) is 9.48 Å². The van der Waals surface area contributed by atoms with Crippen LogP contribution in [0.4, 0.5) is 0 Å². The number of hydrogen-bond donors (Lipinski definition) is 2. The fourth-order valence-electron chi connectivity index (χ4n) is 1.58. The van der Waals surface area contributed by atoms with E-state index < -0.39 is 0 Å². The highest BCUT2D eigenvalue weighted by Gasteiger charge is 2.10. The smallest absolute Gasteiger partial charge is 0.252 e. The van der Waals surface area contributed by atoms with Crippen LogP contribution < -0.4 is 5.32 Å². The number of phenols is 1. The summed E-state index contributed by atoms with van der Waals surface area (Å²) in [6.07, 6.45) is 4.09. The molecule has 0 atom stereocenters. The number of aromatic hydroxyl groups is 1. The quantitative estimate of drug-likeness (QED) is 0.813. The SMILES string of the molecule is O=C(NCCCn1ccnn1)c1cc(O)ccc1Cl. The normalized spacial score (nSPS) is 10.4. The molecule has 1 aromatic heterocycles. The summed E-state index contributed by atoms with van der Waals surface area (Å²) in [6.45, 7) is 1.17.